The van der Waals surface area contributed by atoms with Gasteiger partial charge in [-0.3, -0.25) is 9.59 Å². The second kappa shape index (κ2) is 15.3. The van der Waals surface area contributed by atoms with Gasteiger partial charge in [-0.05, 0) is 13.0 Å². The Bertz CT molecular complexity index is 1310. The Balaban J connectivity index is 1.77. The minimum absolute atomic E-state index is 0.0911. The normalized spacial score (nSPS) is 12.8. The van der Waals surface area contributed by atoms with Crippen LogP contribution >= 0.6 is 8.60 Å². The van der Waals surface area contributed by atoms with Gasteiger partial charge in [0.2, 0.25) is 6.54 Å². The summed E-state index contributed by atoms with van der Waals surface area (Å²) in [5.41, 5.74) is 8.36. The first kappa shape index (κ1) is 30.1. The molecule has 0 saturated heterocycles. The van der Waals surface area contributed by atoms with Crippen molar-refractivity contribution in [1.29, 1.82) is 0 Å². The third-order valence-electron chi connectivity index (χ3n) is 5.21. The molecule has 0 aliphatic carbocycles. The van der Waals surface area contributed by atoms with Gasteiger partial charge < -0.3 is 42.9 Å². The molecule has 0 radical (unpaired) electrons. The molecule has 0 aliphatic rings. The van der Waals surface area contributed by atoms with Crippen LogP contribution in [0.1, 0.15) is 26.6 Å². The molecular weight excluding hydrogens is 529 g/mol. The van der Waals surface area contributed by atoms with Crippen molar-refractivity contribution in [3.05, 3.63) is 41.5 Å². The Morgan fingerprint density at radius 1 is 1.10 bits per heavy atom. The number of ether oxygens (including phenoxy) is 3. The first-order valence-electron chi connectivity index (χ1n) is 12.3. The minimum atomic E-state index is -1.92. The van der Waals surface area contributed by atoms with Crippen molar-refractivity contribution in [2.24, 2.45) is 0 Å². The van der Waals surface area contributed by atoms with E-state index in [-0.39, 0.29) is 39.6 Å². The summed E-state index contributed by atoms with van der Waals surface area (Å²) in [6.45, 7) is 12.6. The molecule has 39 heavy (non-hydrogen) atoms. The number of pyridine rings is 1. The molecule has 2 atom stereocenters. The maximum atomic E-state index is 11.4. The topological polar surface area (TPSA) is 151 Å². The SMILES string of the molecule is [C-]#[N+]CCOP(OCCn1c(COCC)nc2c(N)nc3ccccc3c21)OC[C@@H](COC(C)=O)OC(C)=O. The van der Waals surface area contributed by atoms with Crippen LogP contribution in [0.3, 0.4) is 0 Å². The Morgan fingerprint density at radius 2 is 1.87 bits per heavy atom. The summed E-state index contributed by atoms with van der Waals surface area (Å²) in [6, 6.07) is 7.65. The number of imidazole rings is 1. The fourth-order valence-corrected chi connectivity index (χ4v) is 4.61. The number of aromatic nitrogens is 3. The number of esters is 2. The number of benzene rings is 1. The highest BCUT2D eigenvalue weighted by atomic mass is 31.2. The molecule has 0 bridgehead atoms. The zero-order valence-electron chi connectivity index (χ0n) is 22.1. The quantitative estimate of drug-likeness (QED) is 0.119. The molecule has 2 heterocycles. The van der Waals surface area contributed by atoms with Crippen LogP contribution in [0.4, 0.5) is 5.82 Å². The lowest BCUT2D eigenvalue weighted by atomic mass is 10.2. The van der Waals surface area contributed by atoms with Gasteiger partial charge in [-0.15, -0.1) is 0 Å². The molecule has 2 N–H and O–H groups in total. The predicted molar refractivity (Wildman–Crippen MR) is 143 cm³/mol. The summed E-state index contributed by atoms with van der Waals surface area (Å²) >= 11 is 0. The summed E-state index contributed by atoms with van der Waals surface area (Å²) < 4.78 is 35.0. The molecule has 0 fully saturated rings. The van der Waals surface area contributed by atoms with Gasteiger partial charge in [0.25, 0.3) is 0 Å². The van der Waals surface area contributed by atoms with Gasteiger partial charge in [0.15, 0.2) is 11.9 Å². The Kier molecular flexibility index (Phi) is 11.8. The third kappa shape index (κ3) is 8.81. The maximum Gasteiger partial charge on any atom is 0.333 e. The van der Waals surface area contributed by atoms with Crippen LogP contribution in [0.2, 0.25) is 0 Å². The lowest BCUT2D eigenvalue weighted by molar-refractivity contribution is -0.158. The first-order chi connectivity index (χ1) is 18.8. The number of hydrogen-bond donors (Lipinski definition) is 1. The van der Waals surface area contributed by atoms with Crippen molar-refractivity contribution in [2.45, 2.75) is 40.0 Å². The number of fused-ring (bicyclic) bond motifs is 3. The highest BCUT2D eigenvalue weighted by molar-refractivity contribution is 7.41. The number of nitrogens with zero attached hydrogens (tertiary/aromatic N) is 4. The van der Waals surface area contributed by atoms with Crippen LogP contribution in [0.5, 0.6) is 0 Å². The van der Waals surface area contributed by atoms with Gasteiger partial charge in [-0.25, -0.2) is 16.5 Å². The van der Waals surface area contributed by atoms with Crippen molar-refractivity contribution in [2.75, 3.05) is 45.3 Å². The number of rotatable bonds is 16. The van der Waals surface area contributed by atoms with Gasteiger partial charge in [-0.2, -0.15) is 0 Å². The molecule has 0 amide bonds. The fraction of sp³-hybridized carbons (Fsp3) is 0.480. The molecule has 0 spiro atoms. The molecule has 0 saturated carbocycles. The molecule has 210 valence electrons. The number of nitrogen functional groups attached to an aromatic ring is 1. The van der Waals surface area contributed by atoms with Crippen molar-refractivity contribution in [1.82, 2.24) is 14.5 Å². The second-order valence-corrected chi connectivity index (χ2v) is 9.35. The number of hydrogen-bond acceptors (Lipinski definition) is 11. The van der Waals surface area contributed by atoms with Gasteiger partial charge >= 0.3 is 20.5 Å². The molecule has 1 unspecified atom stereocenters. The molecule has 2 aromatic heterocycles. The Labute approximate surface area is 227 Å². The van der Waals surface area contributed by atoms with Crippen LogP contribution in [-0.4, -0.2) is 72.2 Å². The van der Waals surface area contributed by atoms with E-state index < -0.39 is 26.6 Å². The Hall–Kier alpha value is -3.40. The second-order valence-electron chi connectivity index (χ2n) is 8.13. The van der Waals surface area contributed by atoms with Crippen molar-refractivity contribution < 1.29 is 37.4 Å². The predicted octanol–water partition coefficient (Wildman–Crippen LogP) is 3.39. The number of carbonyl (C=O) groups excluding carboxylic acids is 2. The van der Waals surface area contributed by atoms with E-state index in [1.165, 1.54) is 13.8 Å². The largest absolute Gasteiger partial charge is 0.462 e. The van der Waals surface area contributed by atoms with Crippen molar-refractivity contribution in [3.63, 3.8) is 0 Å². The lowest BCUT2D eigenvalue weighted by Crippen LogP contribution is -2.28. The molecule has 13 nitrogen and oxygen atoms in total. The van der Waals surface area contributed by atoms with E-state index in [4.69, 9.17) is 45.1 Å². The van der Waals surface area contributed by atoms with E-state index in [9.17, 15) is 9.59 Å². The van der Waals surface area contributed by atoms with Gasteiger partial charge in [0, 0.05) is 32.4 Å². The molecule has 0 aliphatic heterocycles. The van der Waals surface area contributed by atoms with E-state index in [1.54, 1.807) is 0 Å². The molecule has 14 heteroatoms. The van der Waals surface area contributed by atoms with Crippen LogP contribution < -0.4 is 5.73 Å². The summed E-state index contributed by atoms with van der Waals surface area (Å²) in [5, 5.41) is 0.887. The van der Waals surface area contributed by atoms with E-state index in [2.05, 4.69) is 9.83 Å². The van der Waals surface area contributed by atoms with Gasteiger partial charge in [0.1, 0.15) is 31.2 Å². The highest BCUT2D eigenvalue weighted by Gasteiger charge is 2.22. The average molecular weight is 562 g/mol. The lowest BCUT2D eigenvalue weighted by Gasteiger charge is -2.21. The van der Waals surface area contributed by atoms with E-state index in [0.29, 0.717) is 30.3 Å². The van der Waals surface area contributed by atoms with Gasteiger partial charge in [0.05, 0.1) is 24.2 Å². The third-order valence-corrected chi connectivity index (χ3v) is 6.35. The Morgan fingerprint density at radius 3 is 2.59 bits per heavy atom. The van der Waals surface area contributed by atoms with E-state index >= 15 is 0 Å². The first-order valence-corrected chi connectivity index (χ1v) is 13.4. The standard InChI is InChI=1S/C25H32N5O8P/c1-5-33-16-22-29-23-24(20-8-6-7-9-21(20)28-25(23)26)30(22)11-13-36-39(35-12-10-27-4)37-15-19(38-18(3)32)14-34-17(2)31/h6-9,19H,5,10-16H2,1-3H3,(H2,26,28)/t19-,39?/m1/s1. The van der Waals surface area contributed by atoms with E-state index in [1.807, 2.05) is 35.8 Å². The monoisotopic (exact) mass is 561 g/mol. The van der Waals surface area contributed by atoms with Crippen molar-refractivity contribution >= 4 is 48.3 Å². The summed E-state index contributed by atoms with van der Waals surface area (Å²) in [6.07, 6.45) is -0.846. The maximum absolute atomic E-state index is 11.4. The molecular formula is C25H32N5O8P. The zero-order chi connectivity index (χ0) is 28.2. The van der Waals surface area contributed by atoms with E-state index in [0.717, 1.165) is 16.4 Å². The highest BCUT2D eigenvalue weighted by Crippen LogP contribution is 2.40. The number of carbonyl (C=O) groups is 2. The molecule has 1 aromatic carbocycles. The summed E-state index contributed by atoms with van der Waals surface area (Å²) in [7, 11) is -1.92. The summed E-state index contributed by atoms with van der Waals surface area (Å²) in [4.78, 5) is 35.1. The number of anilines is 1. The van der Waals surface area contributed by atoms with Crippen LogP contribution in [0, 0.1) is 6.57 Å². The van der Waals surface area contributed by atoms with Crippen LogP contribution in [0.15, 0.2) is 24.3 Å². The van der Waals surface area contributed by atoms with Gasteiger partial charge in [-0.1, -0.05) is 18.2 Å². The average Bonchev–Trinajstić information content (AvgIpc) is 3.27. The van der Waals surface area contributed by atoms with Crippen LogP contribution in [0.25, 0.3) is 26.8 Å². The summed E-state index contributed by atoms with van der Waals surface area (Å²) in [5.74, 6) is -0.0864. The molecule has 3 rings (SSSR count). The number of para-hydroxylation sites is 1. The van der Waals surface area contributed by atoms with Crippen LogP contribution in [-0.2, 0) is 50.5 Å². The zero-order valence-corrected chi connectivity index (χ0v) is 23.0. The fourth-order valence-electron chi connectivity index (χ4n) is 3.63. The molecule has 3 aromatic rings. The minimum Gasteiger partial charge on any atom is -0.462 e. The smallest absolute Gasteiger partial charge is 0.333 e. The van der Waals surface area contributed by atoms with Crippen molar-refractivity contribution in [3.8, 4) is 0 Å². The number of nitrogens with two attached hydrogens (primary N) is 1.